The molecule has 0 spiro atoms. The second-order valence-electron chi connectivity index (χ2n) is 6.15. The van der Waals surface area contributed by atoms with Gasteiger partial charge in [-0.1, -0.05) is 12.1 Å². The number of ether oxygens (including phenoxy) is 3. The summed E-state index contributed by atoms with van der Waals surface area (Å²) in [6, 6.07) is 12.7. The van der Waals surface area contributed by atoms with Crippen LogP contribution in [0.4, 0.5) is 5.69 Å². The second-order valence-corrected chi connectivity index (χ2v) is 7.14. The lowest BCUT2D eigenvalue weighted by atomic mass is 10.1. The molecular weight excluding hydrogens is 364 g/mol. The van der Waals surface area contributed by atoms with Crippen molar-refractivity contribution in [1.29, 1.82) is 0 Å². The molecule has 5 rings (SSSR count). The number of nitrogens with two attached hydrogens (primary N) is 1. The predicted molar refractivity (Wildman–Crippen MR) is 104 cm³/mol. The molecule has 27 heavy (non-hydrogen) atoms. The maximum Gasteiger partial charge on any atom is 0.231 e. The number of fused-ring (bicyclic) bond motifs is 3. The minimum atomic E-state index is -0.146. The molecule has 2 aromatic heterocycles. The molecule has 7 heteroatoms. The molecule has 0 amide bonds. The molecular formula is C20H14N2O4S. The molecule has 0 aliphatic carbocycles. The normalized spacial score (nSPS) is 12.6. The molecule has 0 bridgehead atoms. The molecule has 0 saturated heterocycles. The Hall–Kier alpha value is -3.32. The van der Waals surface area contributed by atoms with Crippen molar-refractivity contribution >= 4 is 43.9 Å². The molecule has 1 aliphatic rings. The lowest BCUT2D eigenvalue weighted by molar-refractivity contribution is 0.104. The Bertz CT molecular complexity index is 1230. The molecule has 3 heterocycles. The van der Waals surface area contributed by atoms with Crippen LogP contribution in [0.15, 0.2) is 42.5 Å². The van der Waals surface area contributed by atoms with Crippen molar-refractivity contribution in [3.63, 3.8) is 0 Å². The highest BCUT2D eigenvalue weighted by Crippen LogP contribution is 2.40. The van der Waals surface area contributed by atoms with Gasteiger partial charge in [0.05, 0.1) is 18.3 Å². The van der Waals surface area contributed by atoms with Crippen molar-refractivity contribution in [2.75, 3.05) is 19.6 Å². The van der Waals surface area contributed by atoms with E-state index in [4.69, 9.17) is 19.9 Å². The monoisotopic (exact) mass is 378 g/mol. The second kappa shape index (κ2) is 5.85. The van der Waals surface area contributed by atoms with Crippen molar-refractivity contribution in [2.24, 2.45) is 0 Å². The summed E-state index contributed by atoms with van der Waals surface area (Å²) in [7, 11) is 1.57. The third-order valence-electron chi connectivity index (χ3n) is 4.55. The maximum atomic E-state index is 13.0. The number of rotatable bonds is 3. The molecule has 0 radical (unpaired) electrons. The predicted octanol–water partition coefficient (Wildman–Crippen LogP) is 4.00. The molecule has 0 atom stereocenters. The summed E-state index contributed by atoms with van der Waals surface area (Å²) in [5, 5.41) is 1.65. The smallest absolute Gasteiger partial charge is 0.231 e. The van der Waals surface area contributed by atoms with Gasteiger partial charge in [-0.2, -0.15) is 0 Å². The fraction of sp³-hybridized carbons (Fsp3) is 0.100. The molecule has 6 nitrogen and oxygen atoms in total. The first-order valence-corrected chi connectivity index (χ1v) is 9.07. The van der Waals surface area contributed by atoms with E-state index < -0.39 is 0 Å². The first kappa shape index (κ1) is 15.9. The van der Waals surface area contributed by atoms with Gasteiger partial charge in [-0.3, -0.25) is 4.79 Å². The molecule has 4 aromatic rings. The van der Waals surface area contributed by atoms with Crippen molar-refractivity contribution in [2.45, 2.75) is 0 Å². The average Bonchev–Trinajstić information content (AvgIpc) is 3.28. The van der Waals surface area contributed by atoms with Gasteiger partial charge in [0.1, 0.15) is 15.5 Å². The molecule has 1 aliphatic heterocycles. The number of pyridine rings is 1. The average molecular weight is 378 g/mol. The van der Waals surface area contributed by atoms with Gasteiger partial charge in [-0.15, -0.1) is 11.3 Å². The number of hydrogen-bond acceptors (Lipinski definition) is 7. The van der Waals surface area contributed by atoms with Gasteiger partial charge in [-0.05, 0) is 24.3 Å². The molecule has 2 N–H and O–H groups in total. The quantitative estimate of drug-likeness (QED) is 0.543. The fourth-order valence-corrected chi connectivity index (χ4v) is 4.20. The van der Waals surface area contributed by atoms with Crippen LogP contribution in [0.5, 0.6) is 17.2 Å². The van der Waals surface area contributed by atoms with Crippen molar-refractivity contribution in [3.8, 4) is 17.2 Å². The zero-order valence-electron chi connectivity index (χ0n) is 14.3. The highest BCUT2D eigenvalue weighted by atomic mass is 32.1. The molecule has 0 saturated carbocycles. The van der Waals surface area contributed by atoms with E-state index in [0.29, 0.717) is 38.2 Å². The minimum Gasteiger partial charge on any atom is -0.497 e. The lowest BCUT2D eigenvalue weighted by Crippen LogP contribution is -2.02. The van der Waals surface area contributed by atoms with E-state index in [1.807, 2.05) is 18.2 Å². The van der Waals surface area contributed by atoms with Gasteiger partial charge in [0.15, 0.2) is 11.5 Å². The topological polar surface area (TPSA) is 83.7 Å². The number of nitrogens with zero attached hydrogens (tertiary/aromatic N) is 1. The Morgan fingerprint density at radius 2 is 2.00 bits per heavy atom. The van der Waals surface area contributed by atoms with Crippen molar-refractivity contribution < 1.29 is 19.0 Å². The van der Waals surface area contributed by atoms with Gasteiger partial charge < -0.3 is 19.9 Å². The SMILES string of the molecule is COc1cccc(C(=O)c2sc3nc4cc5c(cc4cc3c2N)OCO5)c1. The largest absolute Gasteiger partial charge is 0.497 e. The Kier molecular flexibility index (Phi) is 3.45. The number of carbonyl (C=O) groups is 1. The summed E-state index contributed by atoms with van der Waals surface area (Å²) >= 11 is 1.29. The van der Waals surface area contributed by atoms with Crippen LogP contribution in [-0.4, -0.2) is 24.7 Å². The number of benzene rings is 2. The summed E-state index contributed by atoms with van der Waals surface area (Å²) < 4.78 is 16.0. The molecule has 2 aromatic carbocycles. The Labute approximate surface area is 158 Å². The Morgan fingerprint density at radius 1 is 1.19 bits per heavy atom. The zero-order chi connectivity index (χ0) is 18.5. The maximum absolute atomic E-state index is 13.0. The van der Waals surface area contributed by atoms with Crippen LogP contribution >= 0.6 is 11.3 Å². The minimum absolute atomic E-state index is 0.146. The van der Waals surface area contributed by atoms with Gasteiger partial charge >= 0.3 is 0 Å². The Balaban J connectivity index is 1.66. The summed E-state index contributed by atoms with van der Waals surface area (Å²) in [6.07, 6.45) is 0. The van der Waals surface area contributed by atoms with Crippen molar-refractivity contribution in [1.82, 2.24) is 4.98 Å². The van der Waals surface area contributed by atoms with Crippen LogP contribution in [0, 0.1) is 0 Å². The number of ketones is 1. The number of methoxy groups -OCH3 is 1. The number of anilines is 1. The first-order valence-electron chi connectivity index (χ1n) is 8.25. The number of hydrogen-bond donors (Lipinski definition) is 1. The third-order valence-corrected chi connectivity index (χ3v) is 5.66. The van der Waals surface area contributed by atoms with E-state index in [-0.39, 0.29) is 12.6 Å². The number of nitrogen functional groups attached to an aromatic ring is 1. The standard InChI is InChI=1S/C20H14N2O4S/c1-24-12-4-2-3-10(5-12)18(23)19-17(21)13-6-11-7-15-16(26-9-25-15)8-14(11)22-20(13)27-19/h2-8H,9,21H2,1H3. The van der Waals surface area contributed by atoms with Crippen LogP contribution in [0.3, 0.4) is 0 Å². The fourth-order valence-electron chi connectivity index (χ4n) is 3.16. The summed E-state index contributed by atoms with van der Waals surface area (Å²) in [5.41, 5.74) is 8.05. The highest BCUT2D eigenvalue weighted by Gasteiger charge is 2.21. The van der Waals surface area contributed by atoms with Crippen LogP contribution in [-0.2, 0) is 0 Å². The van der Waals surface area contributed by atoms with E-state index in [9.17, 15) is 4.79 Å². The van der Waals surface area contributed by atoms with Gasteiger partial charge in [-0.25, -0.2) is 4.98 Å². The number of carbonyl (C=O) groups excluding carboxylic acids is 1. The third kappa shape index (κ3) is 2.47. The molecule has 0 fully saturated rings. The van der Waals surface area contributed by atoms with Crippen LogP contribution in [0.2, 0.25) is 0 Å². The van der Waals surface area contributed by atoms with Gasteiger partial charge in [0.2, 0.25) is 12.6 Å². The van der Waals surface area contributed by atoms with E-state index in [0.717, 1.165) is 16.3 Å². The highest BCUT2D eigenvalue weighted by molar-refractivity contribution is 7.21. The zero-order valence-corrected chi connectivity index (χ0v) is 15.1. The summed E-state index contributed by atoms with van der Waals surface area (Å²) in [6.45, 7) is 0.210. The Morgan fingerprint density at radius 3 is 2.81 bits per heavy atom. The van der Waals surface area contributed by atoms with E-state index in [1.165, 1.54) is 11.3 Å². The number of thiophene rings is 1. The van der Waals surface area contributed by atoms with Crippen molar-refractivity contribution in [3.05, 3.63) is 52.9 Å². The number of aromatic nitrogens is 1. The van der Waals surface area contributed by atoms with Gasteiger partial charge in [0, 0.05) is 22.4 Å². The van der Waals surface area contributed by atoms with Crippen LogP contribution in [0.25, 0.3) is 21.1 Å². The summed E-state index contributed by atoms with van der Waals surface area (Å²) in [5.74, 6) is 1.84. The van der Waals surface area contributed by atoms with E-state index >= 15 is 0 Å². The van der Waals surface area contributed by atoms with Crippen LogP contribution < -0.4 is 19.9 Å². The van der Waals surface area contributed by atoms with Crippen LogP contribution in [0.1, 0.15) is 15.2 Å². The molecule has 134 valence electrons. The summed E-state index contributed by atoms with van der Waals surface area (Å²) in [4.78, 5) is 18.8. The van der Waals surface area contributed by atoms with E-state index in [2.05, 4.69) is 4.98 Å². The van der Waals surface area contributed by atoms with Gasteiger partial charge in [0.25, 0.3) is 0 Å². The lowest BCUT2D eigenvalue weighted by Gasteiger charge is -2.03. The first-order chi connectivity index (χ1) is 13.1. The van der Waals surface area contributed by atoms with E-state index in [1.54, 1.807) is 31.4 Å². The molecule has 0 unspecified atom stereocenters.